The van der Waals surface area contributed by atoms with E-state index in [0.29, 0.717) is 12.8 Å². The minimum absolute atomic E-state index is 0.0637. The molecule has 1 heterocycles. The predicted molar refractivity (Wildman–Crippen MR) is 57.5 cm³/mol. The van der Waals surface area contributed by atoms with Crippen LogP contribution in [0.3, 0.4) is 0 Å². The third-order valence-corrected chi connectivity index (χ3v) is 2.95. The summed E-state index contributed by atoms with van der Waals surface area (Å²) in [7, 11) is 0. The predicted octanol–water partition coefficient (Wildman–Crippen LogP) is 2.41. The average molecular weight is 259 g/mol. The van der Waals surface area contributed by atoms with E-state index in [2.05, 4.69) is 0 Å². The third kappa shape index (κ3) is 2.48. The number of nitrogens with two attached hydrogens (primary N) is 1. The summed E-state index contributed by atoms with van der Waals surface area (Å²) in [6.07, 6.45) is -5.23. The van der Waals surface area contributed by atoms with Crippen molar-refractivity contribution in [1.29, 1.82) is 0 Å². The van der Waals surface area contributed by atoms with Crippen molar-refractivity contribution in [3.05, 3.63) is 35.4 Å². The van der Waals surface area contributed by atoms with Gasteiger partial charge in [0.1, 0.15) is 6.10 Å². The molecule has 98 valence electrons. The maximum Gasteiger partial charge on any atom is 0.416 e. The molecule has 0 saturated carbocycles. The van der Waals surface area contributed by atoms with Crippen LogP contribution in [0.4, 0.5) is 13.2 Å². The molecule has 2 N–H and O–H groups in total. The molecule has 1 aliphatic heterocycles. The molecule has 18 heavy (non-hydrogen) atoms. The maximum absolute atomic E-state index is 12.8. The summed E-state index contributed by atoms with van der Waals surface area (Å²) in [6.45, 7) is 0. The van der Waals surface area contributed by atoms with Gasteiger partial charge in [-0.2, -0.15) is 13.2 Å². The molecular weight excluding hydrogens is 247 g/mol. The lowest BCUT2D eigenvalue weighted by atomic mass is 10.00. The summed E-state index contributed by atoms with van der Waals surface area (Å²) in [4.78, 5) is 10.9. The normalized spacial score (nSPS) is 24.2. The first-order valence-corrected chi connectivity index (χ1v) is 5.50. The number of amides is 1. The number of primary amides is 1. The fraction of sp³-hybridized carbons (Fsp3) is 0.417. The van der Waals surface area contributed by atoms with E-state index in [1.54, 1.807) is 0 Å². The fourth-order valence-electron chi connectivity index (χ4n) is 2.11. The minimum atomic E-state index is -4.43. The zero-order valence-electron chi connectivity index (χ0n) is 9.41. The van der Waals surface area contributed by atoms with Crippen molar-refractivity contribution >= 4 is 5.91 Å². The van der Waals surface area contributed by atoms with E-state index >= 15 is 0 Å². The Morgan fingerprint density at radius 3 is 2.50 bits per heavy atom. The highest BCUT2D eigenvalue weighted by molar-refractivity contribution is 5.79. The summed E-state index contributed by atoms with van der Waals surface area (Å²) in [5.41, 5.74) is 4.42. The number of hydrogen-bond acceptors (Lipinski definition) is 2. The van der Waals surface area contributed by atoms with Gasteiger partial charge in [0.2, 0.25) is 5.91 Å². The molecule has 1 fully saturated rings. The van der Waals surface area contributed by atoms with E-state index in [1.165, 1.54) is 18.2 Å². The Morgan fingerprint density at radius 1 is 1.28 bits per heavy atom. The zero-order valence-corrected chi connectivity index (χ0v) is 9.41. The lowest BCUT2D eigenvalue weighted by molar-refractivity contribution is -0.139. The van der Waals surface area contributed by atoms with E-state index in [9.17, 15) is 18.0 Å². The highest BCUT2D eigenvalue weighted by Gasteiger charge is 2.38. The van der Waals surface area contributed by atoms with Gasteiger partial charge in [0.15, 0.2) is 0 Å². The van der Waals surface area contributed by atoms with Crippen LogP contribution in [-0.2, 0) is 15.7 Å². The molecule has 0 spiro atoms. The highest BCUT2D eigenvalue weighted by atomic mass is 19.4. The Labute approximate surface area is 102 Å². The van der Waals surface area contributed by atoms with Crippen molar-refractivity contribution in [2.45, 2.75) is 31.2 Å². The zero-order chi connectivity index (χ0) is 13.3. The average Bonchev–Trinajstić information content (AvgIpc) is 2.77. The quantitative estimate of drug-likeness (QED) is 0.886. The van der Waals surface area contributed by atoms with Crippen LogP contribution >= 0.6 is 0 Å². The first-order chi connectivity index (χ1) is 8.39. The van der Waals surface area contributed by atoms with Crippen LogP contribution in [0.1, 0.15) is 30.1 Å². The van der Waals surface area contributed by atoms with Gasteiger partial charge in [-0.25, -0.2) is 0 Å². The van der Waals surface area contributed by atoms with Crippen LogP contribution in [0.15, 0.2) is 24.3 Å². The van der Waals surface area contributed by atoms with E-state index in [1.807, 2.05) is 0 Å². The lowest BCUT2D eigenvalue weighted by Gasteiger charge is -2.17. The topological polar surface area (TPSA) is 52.3 Å². The molecule has 3 nitrogen and oxygen atoms in total. The van der Waals surface area contributed by atoms with Crippen LogP contribution in [0.25, 0.3) is 0 Å². The van der Waals surface area contributed by atoms with E-state index < -0.39 is 29.9 Å². The second-order valence-electron chi connectivity index (χ2n) is 4.18. The summed E-state index contributed by atoms with van der Waals surface area (Å²) in [6, 6.07) is 5.23. The molecular formula is C12H12F3NO2. The molecule has 0 aromatic heterocycles. The number of halogens is 3. The van der Waals surface area contributed by atoms with Gasteiger partial charge in [-0.1, -0.05) is 18.2 Å². The number of carbonyl (C=O) groups excluding carboxylic acids is 1. The van der Waals surface area contributed by atoms with Crippen molar-refractivity contribution in [2.75, 3.05) is 0 Å². The first kappa shape index (κ1) is 12.9. The number of benzene rings is 1. The minimum Gasteiger partial charge on any atom is -0.367 e. The van der Waals surface area contributed by atoms with Crippen LogP contribution in [-0.4, -0.2) is 12.0 Å². The van der Waals surface area contributed by atoms with Crippen molar-refractivity contribution in [1.82, 2.24) is 0 Å². The van der Waals surface area contributed by atoms with E-state index in [0.717, 1.165) is 6.07 Å². The largest absolute Gasteiger partial charge is 0.416 e. The fourth-order valence-corrected chi connectivity index (χ4v) is 2.11. The van der Waals surface area contributed by atoms with Gasteiger partial charge < -0.3 is 10.5 Å². The number of alkyl halides is 3. The standard InChI is InChI=1S/C12H12F3NO2/c13-12(14,15)8-4-2-1-3-7(8)9-5-6-10(18-9)11(16)17/h1-4,9-10H,5-6H2,(H2,16,17). The van der Waals surface area contributed by atoms with Gasteiger partial charge in [0, 0.05) is 0 Å². The van der Waals surface area contributed by atoms with Gasteiger partial charge in [-0.15, -0.1) is 0 Å². The molecule has 1 aliphatic rings. The van der Waals surface area contributed by atoms with Crippen molar-refractivity contribution in [2.24, 2.45) is 5.73 Å². The SMILES string of the molecule is NC(=O)C1CCC(c2ccccc2C(F)(F)F)O1. The number of carbonyl (C=O) groups is 1. The third-order valence-electron chi connectivity index (χ3n) is 2.95. The monoisotopic (exact) mass is 259 g/mol. The van der Waals surface area contributed by atoms with Gasteiger partial charge in [-0.05, 0) is 24.5 Å². The van der Waals surface area contributed by atoms with Gasteiger partial charge in [-0.3, -0.25) is 4.79 Å². The Morgan fingerprint density at radius 2 is 1.94 bits per heavy atom. The molecule has 2 unspecified atom stereocenters. The lowest BCUT2D eigenvalue weighted by Crippen LogP contribution is -2.27. The molecule has 1 aromatic carbocycles. The Kier molecular flexibility index (Phi) is 3.30. The van der Waals surface area contributed by atoms with Crippen molar-refractivity contribution < 1.29 is 22.7 Å². The van der Waals surface area contributed by atoms with Crippen molar-refractivity contribution in [3.8, 4) is 0 Å². The van der Waals surface area contributed by atoms with E-state index in [-0.39, 0.29) is 5.56 Å². The molecule has 1 aromatic rings. The summed E-state index contributed by atoms with van der Waals surface area (Å²) >= 11 is 0. The molecule has 1 saturated heterocycles. The van der Waals surface area contributed by atoms with Gasteiger partial charge in [0.05, 0.1) is 11.7 Å². The Balaban J connectivity index is 2.27. The number of ether oxygens (including phenoxy) is 1. The number of rotatable bonds is 2. The van der Waals surface area contributed by atoms with Crippen LogP contribution in [0.2, 0.25) is 0 Å². The summed E-state index contributed by atoms with van der Waals surface area (Å²) in [5.74, 6) is -0.637. The molecule has 0 radical (unpaired) electrons. The molecule has 0 bridgehead atoms. The second kappa shape index (κ2) is 4.61. The van der Waals surface area contributed by atoms with Crippen LogP contribution in [0.5, 0.6) is 0 Å². The van der Waals surface area contributed by atoms with Gasteiger partial charge in [0.25, 0.3) is 0 Å². The van der Waals surface area contributed by atoms with Crippen molar-refractivity contribution in [3.63, 3.8) is 0 Å². The maximum atomic E-state index is 12.8. The number of hydrogen-bond donors (Lipinski definition) is 1. The van der Waals surface area contributed by atoms with Gasteiger partial charge >= 0.3 is 6.18 Å². The smallest absolute Gasteiger partial charge is 0.367 e. The molecule has 0 aliphatic carbocycles. The highest BCUT2D eigenvalue weighted by Crippen LogP contribution is 2.40. The Bertz CT molecular complexity index is 459. The summed E-state index contributed by atoms with van der Waals surface area (Å²) < 4.78 is 43.7. The molecule has 1 amide bonds. The van der Waals surface area contributed by atoms with Crippen LogP contribution < -0.4 is 5.73 Å². The molecule has 6 heteroatoms. The second-order valence-corrected chi connectivity index (χ2v) is 4.18. The molecule has 2 atom stereocenters. The first-order valence-electron chi connectivity index (χ1n) is 5.50. The van der Waals surface area contributed by atoms with Crippen LogP contribution in [0, 0.1) is 0 Å². The van der Waals surface area contributed by atoms with E-state index in [4.69, 9.17) is 10.5 Å². The molecule has 2 rings (SSSR count). The summed E-state index contributed by atoms with van der Waals surface area (Å²) in [5, 5.41) is 0. The Hall–Kier alpha value is -1.56.